The Kier molecular flexibility index (Phi) is 3.79. The molecule has 0 saturated heterocycles. The van der Waals surface area contributed by atoms with Crippen molar-refractivity contribution in [3.8, 4) is 6.07 Å². The highest BCUT2D eigenvalue weighted by atomic mass is 32.2. The first kappa shape index (κ1) is 14.5. The standard InChI is InChI=1S/C13H14N2O4S/c14-7-10-3-1-2-4-11(10)8-20(18,19)15-9-13(5-6-13)12(16)17/h1-4,15H,5-6,8-9H2,(H,16,17). The molecule has 1 aromatic carbocycles. The van der Waals surface area contributed by atoms with Gasteiger partial charge in [-0.3, -0.25) is 4.79 Å². The highest BCUT2D eigenvalue weighted by Gasteiger charge is 2.50. The highest BCUT2D eigenvalue weighted by molar-refractivity contribution is 7.88. The van der Waals surface area contributed by atoms with Gasteiger partial charge in [0.05, 0.1) is 22.8 Å². The maximum atomic E-state index is 12.0. The van der Waals surface area contributed by atoms with E-state index in [1.54, 1.807) is 24.3 Å². The molecular formula is C13H14N2O4S. The Morgan fingerprint density at radius 3 is 2.60 bits per heavy atom. The van der Waals surface area contributed by atoms with E-state index in [2.05, 4.69) is 4.72 Å². The summed E-state index contributed by atoms with van der Waals surface area (Å²) in [5.41, 5.74) is -0.234. The van der Waals surface area contributed by atoms with Crippen LogP contribution >= 0.6 is 0 Å². The van der Waals surface area contributed by atoms with Crippen molar-refractivity contribution in [2.24, 2.45) is 5.41 Å². The van der Waals surface area contributed by atoms with Crippen LogP contribution in [0.3, 0.4) is 0 Å². The van der Waals surface area contributed by atoms with Gasteiger partial charge in [-0.15, -0.1) is 0 Å². The number of nitrogens with one attached hydrogen (secondary N) is 1. The molecule has 1 aliphatic rings. The van der Waals surface area contributed by atoms with Gasteiger partial charge in [0, 0.05) is 6.54 Å². The average molecular weight is 294 g/mol. The minimum atomic E-state index is -3.66. The van der Waals surface area contributed by atoms with Crippen molar-refractivity contribution in [3.05, 3.63) is 35.4 Å². The maximum Gasteiger partial charge on any atom is 0.310 e. The first-order valence-corrected chi connectivity index (χ1v) is 7.72. The summed E-state index contributed by atoms with van der Waals surface area (Å²) in [5.74, 6) is -1.30. The van der Waals surface area contributed by atoms with Crippen LogP contribution in [0.2, 0.25) is 0 Å². The number of rotatable bonds is 6. The second kappa shape index (κ2) is 5.23. The van der Waals surface area contributed by atoms with Crippen molar-refractivity contribution in [1.82, 2.24) is 4.72 Å². The number of hydrogen-bond acceptors (Lipinski definition) is 4. The lowest BCUT2D eigenvalue weighted by Crippen LogP contribution is -2.35. The van der Waals surface area contributed by atoms with E-state index in [1.807, 2.05) is 6.07 Å². The lowest BCUT2D eigenvalue weighted by Gasteiger charge is -2.12. The number of carboxylic acids is 1. The van der Waals surface area contributed by atoms with Gasteiger partial charge in [-0.1, -0.05) is 18.2 Å². The number of sulfonamides is 1. The van der Waals surface area contributed by atoms with Crippen LogP contribution in [0.1, 0.15) is 24.0 Å². The number of aliphatic carboxylic acids is 1. The summed E-state index contributed by atoms with van der Waals surface area (Å²) in [6, 6.07) is 8.37. The van der Waals surface area contributed by atoms with Crippen molar-refractivity contribution in [2.75, 3.05) is 6.54 Å². The predicted octanol–water partition coefficient (Wildman–Crippen LogP) is 0.842. The lowest BCUT2D eigenvalue weighted by atomic mass is 10.1. The van der Waals surface area contributed by atoms with E-state index in [1.165, 1.54) is 0 Å². The van der Waals surface area contributed by atoms with Crippen molar-refractivity contribution in [3.63, 3.8) is 0 Å². The molecule has 0 unspecified atom stereocenters. The Bertz CT molecular complexity index is 672. The molecule has 106 valence electrons. The molecule has 0 spiro atoms. The van der Waals surface area contributed by atoms with Gasteiger partial charge in [0.15, 0.2) is 0 Å². The molecule has 1 aromatic rings. The fourth-order valence-electron chi connectivity index (χ4n) is 1.88. The molecular weight excluding hydrogens is 280 g/mol. The van der Waals surface area contributed by atoms with E-state index < -0.39 is 21.4 Å². The summed E-state index contributed by atoms with van der Waals surface area (Å²) in [7, 11) is -3.66. The molecule has 2 rings (SSSR count). The Morgan fingerprint density at radius 1 is 1.40 bits per heavy atom. The van der Waals surface area contributed by atoms with Crippen LogP contribution in [-0.2, 0) is 20.6 Å². The first-order chi connectivity index (χ1) is 9.38. The molecule has 6 nitrogen and oxygen atoms in total. The summed E-state index contributed by atoms with van der Waals surface area (Å²) >= 11 is 0. The normalized spacial score (nSPS) is 16.4. The van der Waals surface area contributed by atoms with Crippen LogP contribution in [0.25, 0.3) is 0 Å². The summed E-state index contributed by atoms with van der Waals surface area (Å²) in [6.07, 6.45) is 0.971. The monoisotopic (exact) mass is 294 g/mol. The van der Waals surface area contributed by atoms with Crippen molar-refractivity contribution in [2.45, 2.75) is 18.6 Å². The summed E-state index contributed by atoms with van der Waals surface area (Å²) in [5, 5.41) is 17.9. The molecule has 0 radical (unpaired) electrons. The molecule has 0 aromatic heterocycles. The van der Waals surface area contributed by atoms with Gasteiger partial charge in [-0.2, -0.15) is 5.26 Å². The molecule has 0 atom stereocenters. The number of nitrogens with zero attached hydrogens (tertiary/aromatic N) is 1. The Hall–Kier alpha value is -1.91. The zero-order valence-electron chi connectivity index (χ0n) is 10.7. The van der Waals surface area contributed by atoms with Gasteiger partial charge >= 0.3 is 5.97 Å². The van der Waals surface area contributed by atoms with Crippen LogP contribution in [0.15, 0.2) is 24.3 Å². The van der Waals surface area contributed by atoms with E-state index in [0.29, 0.717) is 24.0 Å². The zero-order valence-corrected chi connectivity index (χ0v) is 11.5. The minimum absolute atomic E-state index is 0.0978. The van der Waals surface area contributed by atoms with Gasteiger partial charge < -0.3 is 5.11 Å². The average Bonchev–Trinajstić information content (AvgIpc) is 3.18. The lowest BCUT2D eigenvalue weighted by molar-refractivity contribution is -0.143. The second-order valence-electron chi connectivity index (χ2n) is 4.93. The Balaban J connectivity index is 2.05. The van der Waals surface area contributed by atoms with E-state index >= 15 is 0 Å². The molecule has 0 amide bonds. The maximum absolute atomic E-state index is 12.0. The Morgan fingerprint density at radius 2 is 2.05 bits per heavy atom. The fraction of sp³-hybridized carbons (Fsp3) is 0.385. The summed E-state index contributed by atoms with van der Waals surface area (Å²) < 4.78 is 26.2. The molecule has 20 heavy (non-hydrogen) atoms. The van der Waals surface area contributed by atoms with Gasteiger partial charge in [0.1, 0.15) is 0 Å². The molecule has 0 bridgehead atoms. The van der Waals surface area contributed by atoms with Crippen molar-refractivity contribution >= 4 is 16.0 Å². The molecule has 1 saturated carbocycles. The van der Waals surface area contributed by atoms with Crippen LogP contribution in [-0.4, -0.2) is 26.0 Å². The van der Waals surface area contributed by atoms with Gasteiger partial charge in [0.2, 0.25) is 10.0 Å². The van der Waals surface area contributed by atoms with Gasteiger partial charge in [-0.25, -0.2) is 13.1 Å². The van der Waals surface area contributed by atoms with Gasteiger partial charge in [-0.05, 0) is 24.5 Å². The van der Waals surface area contributed by atoms with E-state index in [-0.39, 0.29) is 12.3 Å². The molecule has 2 N–H and O–H groups in total. The largest absolute Gasteiger partial charge is 0.481 e. The predicted molar refractivity (Wildman–Crippen MR) is 71.1 cm³/mol. The number of hydrogen-bond donors (Lipinski definition) is 2. The van der Waals surface area contributed by atoms with E-state index in [0.717, 1.165) is 0 Å². The quantitative estimate of drug-likeness (QED) is 0.808. The molecule has 1 fully saturated rings. The van der Waals surface area contributed by atoms with Crippen molar-refractivity contribution in [1.29, 1.82) is 5.26 Å². The number of benzene rings is 1. The highest BCUT2D eigenvalue weighted by Crippen LogP contribution is 2.45. The third-order valence-electron chi connectivity index (χ3n) is 3.42. The smallest absolute Gasteiger partial charge is 0.310 e. The summed E-state index contributed by atoms with van der Waals surface area (Å²) in [4.78, 5) is 11.0. The van der Waals surface area contributed by atoms with Gasteiger partial charge in [0.25, 0.3) is 0 Å². The number of nitriles is 1. The van der Waals surface area contributed by atoms with Crippen LogP contribution in [0.4, 0.5) is 0 Å². The summed E-state index contributed by atoms with van der Waals surface area (Å²) in [6.45, 7) is -0.0978. The first-order valence-electron chi connectivity index (χ1n) is 6.07. The van der Waals surface area contributed by atoms with Crippen molar-refractivity contribution < 1.29 is 18.3 Å². The zero-order chi connectivity index (χ0) is 14.8. The second-order valence-corrected chi connectivity index (χ2v) is 6.74. The molecule has 7 heteroatoms. The fourth-order valence-corrected chi connectivity index (χ4v) is 3.14. The number of carboxylic acid groups (broad SMARTS) is 1. The van der Waals surface area contributed by atoms with Crippen LogP contribution < -0.4 is 4.72 Å². The van der Waals surface area contributed by atoms with Crippen LogP contribution in [0.5, 0.6) is 0 Å². The third kappa shape index (κ3) is 3.15. The molecule has 0 heterocycles. The molecule has 1 aliphatic carbocycles. The van der Waals surface area contributed by atoms with E-state index in [9.17, 15) is 13.2 Å². The topological polar surface area (TPSA) is 107 Å². The van der Waals surface area contributed by atoms with Crippen LogP contribution in [0, 0.1) is 16.7 Å². The Labute approximate surface area is 117 Å². The third-order valence-corrected chi connectivity index (χ3v) is 4.70. The van der Waals surface area contributed by atoms with E-state index in [4.69, 9.17) is 10.4 Å². The molecule has 0 aliphatic heterocycles. The SMILES string of the molecule is N#Cc1ccccc1CS(=O)(=O)NCC1(C(=O)O)CC1. The minimum Gasteiger partial charge on any atom is -0.481 e. The number of carbonyl (C=O) groups is 1.